The second-order valence-electron chi connectivity index (χ2n) is 6.32. The van der Waals surface area contributed by atoms with Gasteiger partial charge in [-0.05, 0) is 50.4 Å². The van der Waals surface area contributed by atoms with Gasteiger partial charge < -0.3 is 14.5 Å². The average molecular weight is 375 g/mol. The number of piperazine rings is 1. The van der Waals surface area contributed by atoms with Crippen molar-refractivity contribution < 1.29 is 13.2 Å². The zero-order chi connectivity index (χ0) is 18.6. The molecule has 0 aliphatic carbocycles. The first-order chi connectivity index (χ1) is 12.5. The highest BCUT2D eigenvalue weighted by atomic mass is 32.2. The molecule has 0 spiro atoms. The number of benzene rings is 2. The molecule has 26 heavy (non-hydrogen) atoms. The van der Waals surface area contributed by atoms with Gasteiger partial charge in [-0.1, -0.05) is 12.1 Å². The number of likely N-dealkylation sites (N-methyl/N-ethyl adjacent to an activating group) is 1. The van der Waals surface area contributed by atoms with Crippen LogP contribution in [0.2, 0.25) is 0 Å². The van der Waals surface area contributed by atoms with E-state index in [-0.39, 0.29) is 4.90 Å². The summed E-state index contributed by atoms with van der Waals surface area (Å²) >= 11 is 0. The van der Waals surface area contributed by atoms with Crippen molar-refractivity contribution in [3.63, 3.8) is 0 Å². The third-order valence-corrected chi connectivity index (χ3v) is 5.82. The van der Waals surface area contributed by atoms with Crippen LogP contribution in [0.15, 0.2) is 53.4 Å². The van der Waals surface area contributed by atoms with Gasteiger partial charge in [0.05, 0.1) is 22.9 Å². The molecule has 0 saturated carbocycles. The fraction of sp³-hybridized carbons (Fsp3) is 0.368. The maximum atomic E-state index is 12.8. The predicted octanol–water partition coefficient (Wildman–Crippen LogP) is 2.64. The Hall–Kier alpha value is -2.25. The Morgan fingerprint density at radius 3 is 2.31 bits per heavy atom. The monoisotopic (exact) mass is 375 g/mol. The van der Waals surface area contributed by atoms with Crippen molar-refractivity contribution in [1.29, 1.82) is 0 Å². The summed E-state index contributed by atoms with van der Waals surface area (Å²) in [7, 11) is -1.56. The van der Waals surface area contributed by atoms with Crippen LogP contribution >= 0.6 is 0 Å². The maximum Gasteiger partial charge on any atom is 0.261 e. The number of hydrogen-bond donors (Lipinski definition) is 1. The molecule has 1 aliphatic rings. The van der Waals surface area contributed by atoms with Crippen molar-refractivity contribution in [3.8, 4) is 5.75 Å². The van der Waals surface area contributed by atoms with E-state index in [0.717, 1.165) is 31.9 Å². The van der Waals surface area contributed by atoms with Gasteiger partial charge in [-0.2, -0.15) is 0 Å². The molecule has 0 aromatic heterocycles. The predicted molar refractivity (Wildman–Crippen MR) is 105 cm³/mol. The molecule has 1 fully saturated rings. The van der Waals surface area contributed by atoms with Gasteiger partial charge in [0.15, 0.2) is 0 Å². The minimum Gasteiger partial charge on any atom is -0.494 e. The van der Waals surface area contributed by atoms with Gasteiger partial charge in [0.1, 0.15) is 5.75 Å². The van der Waals surface area contributed by atoms with E-state index in [2.05, 4.69) is 21.6 Å². The van der Waals surface area contributed by atoms with Crippen LogP contribution in [0.1, 0.15) is 6.92 Å². The molecule has 2 aromatic rings. The van der Waals surface area contributed by atoms with E-state index in [9.17, 15) is 8.42 Å². The number of hydrogen-bond acceptors (Lipinski definition) is 5. The molecule has 0 radical (unpaired) electrons. The largest absolute Gasteiger partial charge is 0.494 e. The van der Waals surface area contributed by atoms with E-state index in [1.807, 2.05) is 25.1 Å². The maximum absolute atomic E-state index is 12.8. The van der Waals surface area contributed by atoms with Crippen LogP contribution in [0.25, 0.3) is 0 Å². The molecule has 140 valence electrons. The lowest BCUT2D eigenvalue weighted by Crippen LogP contribution is -2.44. The standard InChI is InChI=1S/C19H25N3O3S/c1-3-25-16-8-10-17(11-9-16)26(23,24)20-18-6-4-5-7-19(18)22-14-12-21(2)13-15-22/h4-11,20H,3,12-15H2,1-2H3. The number of para-hydroxylation sites is 2. The van der Waals surface area contributed by atoms with Crippen molar-refractivity contribution in [2.24, 2.45) is 0 Å². The summed E-state index contributed by atoms with van der Waals surface area (Å²) in [5.41, 5.74) is 1.51. The normalized spacial score (nSPS) is 15.7. The molecule has 6 nitrogen and oxygen atoms in total. The van der Waals surface area contributed by atoms with E-state index in [1.54, 1.807) is 30.3 Å². The van der Waals surface area contributed by atoms with Crippen LogP contribution in [0.3, 0.4) is 0 Å². The topological polar surface area (TPSA) is 61.9 Å². The molecule has 2 aromatic carbocycles. The third kappa shape index (κ3) is 4.28. The Labute approximate surface area is 155 Å². The van der Waals surface area contributed by atoms with E-state index < -0.39 is 10.0 Å². The van der Waals surface area contributed by atoms with E-state index in [4.69, 9.17) is 4.74 Å². The second kappa shape index (κ2) is 7.97. The number of ether oxygens (including phenoxy) is 1. The van der Waals surface area contributed by atoms with Crippen LogP contribution in [0.4, 0.5) is 11.4 Å². The molecule has 0 atom stereocenters. The first-order valence-electron chi connectivity index (χ1n) is 8.78. The molecule has 0 amide bonds. The first kappa shape index (κ1) is 18.5. The molecule has 3 rings (SSSR count). The van der Waals surface area contributed by atoms with Gasteiger partial charge >= 0.3 is 0 Å². The van der Waals surface area contributed by atoms with Gasteiger partial charge in [0.25, 0.3) is 10.0 Å². The zero-order valence-corrected chi connectivity index (χ0v) is 16.0. The van der Waals surface area contributed by atoms with Crippen molar-refractivity contribution >= 4 is 21.4 Å². The summed E-state index contributed by atoms with van der Waals surface area (Å²) < 4.78 is 33.7. The minimum atomic E-state index is -3.66. The van der Waals surface area contributed by atoms with E-state index in [1.165, 1.54) is 0 Å². The summed E-state index contributed by atoms with van der Waals surface area (Å²) in [4.78, 5) is 4.70. The molecule has 1 N–H and O–H groups in total. The van der Waals surface area contributed by atoms with Crippen molar-refractivity contribution in [2.75, 3.05) is 49.5 Å². The number of nitrogens with one attached hydrogen (secondary N) is 1. The van der Waals surface area contributed by atoms with Crippen LogP contribution in [-0.4, -0.2) is 53.2 Å². The second-order valence-corrected chi connectivity index (χ2v) is 8.00. The lowest BCUT2D eigenvalue weighted by atomic mass is 10.2. The Balaban J connectivity index is 1.81. The van der Waals surface area contributed by atoms with Crippen LogP contribution in [-0.2, 0) is 10.0 Å². The van der Waals surface area contributed by atoms with Crippen LogP contribution in [0.5, 0.6) is 5.75 Å². The molecule has 1 heterocycles. The van der Waals surface area contributed by atoms with E-state index >= 15 is 0 Å². The Bertz CT molecular complexity index is 829. The summed E-state index contributed by atoms with van der Waals surface area (Å²) in [6.45, 7) is 6.10. The lowest BCUT2D eigenvalue weighted by molar-refractivity contribution is 0.313. The molecular weight excluding hydrogens is 350 g/mol. The first-order valence-corrected chi connectivity index (χ1v) is 10.3. The van der Waals surface area contributed by atoms with Gasteiger partial charge in [0, 0.05) is 26.2 Å². The number of nitrogens with zero attached hydrogens (tertiary/aromatic N) is 2. The highest BCUT2D eigenvalue weighted by Crippen LogP contribution is 2.29. The highest BCUT2D eigenvalue weighted by molar-refractivity contribution is 7.92. The molecule has 1 saturated heterocycles. The summed E-state index contributed by atoms with van der Waals surface area (Å²) in [5, 5.41) is 0. The number of rotatable bonds is 6. The smallest absolute Gasteiger partial charge is 0.261 e. The van der Waals surface area contributed by atoms with Gasteiger partial charge in [0.2, 0.25) is 0 Å². The molecule has 0 bridgehead atoms. The van der Waals surface area contributed by atoms with Crippen molar-refractivity contribution in [3.05, 3.63) is 48.5 Å². The highest BCUT2D eigenvalue weighted by Gasteiger charge is 2.20. The summed E-state index contributed by atoms with van der Waals surface area (Å²) in [5.74, 6) is 0.657. The fourth-order valence-corrected chi connectivity index (χ4v) is 4.04. The van der Waals surface area contributed by atoms with Crippen LogP contribution in [0, 0.1) is 0 Å². The van der Waals surface area contributed by atoms with Crippen molar-refractivity contribution in [2.45, 2.75) is 11.8 Å². The minimum absolute atomic E-state index is 0.217. The lowest BCUT2D eigenvalue weighted by Gasteiger charge is -2.35. The summed E-state index contributed by atoms with van der Waals surface area (Å²) in [6, 6.07) is 14.0. The van der Waals surface area contributed by atoms with Crippen LogP contribution < -0.4 is 14.4 Å². The summed E-state index contributed by atoms with van der Waals surface area (Å²) in [6.07, 6.45) is 0. The van der Waals surface area contributed by atoms with Gasteiger partial charge in [-0.3, -0.25) is 4.72 Å². The molecule has 0 unspecified atom stereocenters. The average Bonchev–Trinajstić information content (AvgIpc) is 2.63. The fourth-order valence-electron chi connectivity index (χ4n) is 2.97. The van der Waals surface area contributed by atoms with Gasteiger partial charge in [-0.25, -0.2) is 8.42 Å². The molecular formula is C19H25N3O3S. The Kier molecular flexibility index (Phi) is 5.68. The quantitative estimate of drug-likeness (QED) is 0.841. The third-order valence-electron chi connectivity index (χ3n) is 4.44. The zero-order valence-electron chi connectivity index (χ0n) is 15.2. The number of sulfonamides is 1. The Morgan fingerprint density at radius 1 is 1.00 bits per heavy atom. The number of anilines is 2. The SMILES string of the molecule is CCOc1ccc(S(=O)(=O)Nc2ccccc2N2CCN(C)CC2)cc1. The van der Waals surface area contributed by atoms with E-state index in [0.29, 0.717) is 18.0 Å². The Morgan fingerprint density at radius 2 is 1.65 bits per heavy atom. The van der Waals surface area contributed by atoms with Gasteiger partial charge in [-0.15, -0.1) is 0 Å². The van der Waals surface area contributed by atoms with Crippen molar-refractivity contribution in [1.82, 2.24) is 4.90 Å². The molecule has 1 aliphatic heterocycles. The molecule has 7 heteroatoms.